The molecule has 1 unspecified atom stereocenters. The highest BCUT2D eigenvalue weighted by Crippen LogP contribution is 2.41. The molecule has 0 fully saturated rings. The minimum absolute atomic E-state index is 0.0877. The fraction of sp³-hybridized carbons (Fsp3) is 0.455. The molecule has 1 atom stereocenters. The standard InChI is InChI=1S/C33H41N5O3/c1-30(2)21-10-12-23(34-21)31(3,4)25-14-16-27(36-25)33(7,19-41-29(39)20-9-8-18-38(20)40)28-17-15-26(37-28)32(5,6)24-13-11-22(30)35-24/h10-18,20,34-37H,8-9,19H2,1-7H3. The van der Waals surface area contributed by atoms with Crippen LogP contribution in [0.3, 0.4) is 0 Å². The number of rotatable bonds is 3. The first-order valence-electron chi connectivity index (χ1n) is 14.5. The van der Waals surface area contributed by atoms with Crippen LogP contribution in [-0.4, -0.2) is 49.5 Å². The van der Waals surface area contributed by atoms with E-state index in [4.69, 9.17) is 4.74 Å². The number of H-pyrrole nitrogens is 4. The van der Waals surface area contributed by atoms with Gasteiger partial charge in [-0.05, 0) is 97.0 Å². The summed E-state index contributed by atoms with van der Waals surface area (Å²) in [6.45, 7) is 15.4. The third-order valence-electron chi connectivity index (χ3n) is 9.80. The Morgan fingerprint density at radius 1 is 0.707 bits per heavy atom. The number of hydrogen-bond donors (Lipinski definition) is 4. The number of aromatic nitrogens is 4. The minimum Gasteiger partial charge on any atom is -0.623 e. The zero-order valence-corrected chi connectivity index (χ0v) is 25.1. The lowest BCUT2D eigenvalue weighted by atomic mass is 9.84. The van der Waals surface area contributed by atoms with Crippen molar-refractivity contribution >= 4 is 12.2 Å². The van der Waals surface area contributed by atoms with Crippen molar-refractivity contribution in [3.8, 4) is 0 Å². The maximum atomic E-state index is 13.0. The van der Waals surface area contributed by atoms with Crippen LogP contribution in [0.1, 0.15) is 107 Å². The molecule has 0 saturated carbocycles. The topological polar surface area (TPSA) is 116 Å². The van der Waals surface area contributed by atoms with Crippen LogP contribution < -0.4 is 0 Å². The number of hydroxylamine groups is 1. The van der Waals surface area contributed by atoms with Gasteiger partial charge in [-0.2, -0.15) is 0 Å². The van der Waals surface area contributed by atoms with Gasteiger partial charge in [0.2, 0.25) is 0 Å². The van der Waals surface area contributed by atoms with E-state index in [1.165, 1.54) is 6.21 Å². The normalized spacial score (nSPS) is 21.8. The second kappa shape index (κ2) is 9.03. The van der Waals surface area contributed by atoms with E-state index in [-0.39, 0.29) is 22.9 Å². The van der Waals surface area contributed by atoms with Crippen LogP contribution in [0.4, 0.5) is 0 Å². The Hall–Kier alpha value is -3.94. The molecule has 2 aliphatic rings. The van der Waals surface area contributed by atoms with E-state index in [0.717, 1.165) is 50.3 Å². The Morgan fingerprint density at radius 2 is 1.05 bits per heavy atom. The van der Waals surface area contributed by atoms with Gasteiger partial charge in [0.1, 0.15) is 6.61 Å². The summed E-state index contributed by atoms with van der Waals surface area (Å²) in [6, 6.07) is 16.4. The summed E-state index contributed by atoms with van der Waals surface area (Å²) < 4.78 is 6.62. The number of nitrogens with zero attached hydrogens (tertiary/aromatic N) is 1. The van der Waals surface area contributed by atoms with Crippen molar-refractivity contribution in [2.45, 2.75) is 89.0 Å². The quantitative estimate of drug-likeness (QED) is 0.144. The number of carbonyl (C=O) groups is 1. The number of nitrogens with one attached hydrogen (secondary N) is 4. The zero-order valence-electron chi connectivity index (χ0n) is 25.1. The molecular weight excluding hydrogens is 514 g/mol. The van der Waals surface area contributed by atoms with E-state index >= 15 is 0 Å². The molecule has 6 heterocycles. The van der Waals surface area contributed by atoms with Crippen LogP contribution >= 0.6 is 0 Å². The fourth-order valence-corrected chi connectivity index (χ4v) is 6.29. The van der Waals surface area contributed by atoms with E-state index in [1.54, 1.807) is 0 Å². The molecule has 0 radical (unpaired) electrons. The Balaban J connectivity index is 1.48. The fourth-order valence-electron chi connectivity index (χ4n) is 6.29. The second-order valence-electron chi connectivity index (χ2n) is 13.6. The van der Waals surface area contributed by atoms with E-state index in [9.17, 15) is 10.0 Å². The van der Waals surface area contributed by atoms with Gasteiger partial charge in [-0.3, -0.25) is 0 Å². The largest absolute Gasteiger partial charge is 0.623 e. The first-order chi connectivity index (χ1) is 19.2. The van der Waals surface area contributed by atoms with Gasteiger partial charge in [0, 0.05) is 74.6 Å². The van der Waals surface area contributed by atoms with Gasteiger partial charge in [0.25, 0.3) is 6.04 Å². The number of aromatic amines is 4. The van der Waals surface area contributed by atoms with Gasteiger partial charge in [0.05, 0.1) is 5.41 Å². The van der Waals surface area contributed by atoms with Gasteiger partial charge in [-0.1, -0.05) is 0 Å². The van der Waals surface area contributed by atoms with Crippen molar-refractivity contribution in [2.75, 3.05) is 6.61 Å². The first-order valence-corrected chi connectivity index (χ1v) is 14.5. The molecule has 0 spiro atoms. The maximum absolute atomic E-state index is 13.0. The molecule has 41 heavy (non-hydrogen) atoms. The average Bonchev–Trinajstić information content (AvgIpc) is 3.74. The molecule has 8 bridgehead atoms. The molecule has 4 aromatic rings. The molecule has 0 aliphatic carbocycles. The molecule has 4 N–H and O–H groups in total. The number of hydrogen-bond acceptors (Lipinski definition) is 3. The van der Waals surface area contributed by atoms with Crippen molar-refractivity contribution in [1.82, 2.24) is 19.9 Å². The average molecular weight is 556 g/mol. The van der Waals surface area contributed by atoms with Gasteiger partial charge in [-0.25, -0.2) is 9.53 Å². The molecule has 6 rings (SSSR count). The SMILES string of the molecule is CC1(C)c2ccc([nH]2)C(C)(C)c2ccc([nH]2)C(C)(COC(=O)C2CCC=[N+]2[O-])c2ccc([nH]2)C(C)(C)c2ccc1[nH]2. The van der Waals surface area contributed by atoms with Gasteiger partial charge >= 0.3 is 5.97 Å². The Kier molecular flexibility index (Phi) is 6.00. The van der Waals surface area contributed by atoms with Crippen LogP contribution in [0.2, 0.25) is 0 Å². The highest BCUT2D eigenvalue weighted by molar-refractivity contribution is 5.77. The van der Waals surface area contributed by atoms with Crippen molar-refractivity contribution in [3.63, 3.8) is 0 Å². The summed E-state index contributed by atoms with van der Waals surface area (Å²) >= 11 is 0. The summed E-state index contributed by atoms with van der Waals surface area (Å²) in [6.07, 6.45) is 2.58. The molecule has 0 amide bonds. The van der Waals surface area contributed by atoms with Crippen molar-refractivity contribution < 1.29 is 14.3 Å². The summed E-state index contributed by atoms with van der Waals surface area (Å²) in [7, 11) is 0. The lowest BCUT2D eigenvalue weighted by molar-refractivity contribution is -0.476. The van der Waals surface area contributed by atoms with Gasteiger partial charge in [0.15, 0.2) is 6.21 Å². The molecule has 8 heteroatoms. The van der Waals surface area contributed by atoms with Crippen LogP contribution in [0.15, 0.2) is 48.5 Å². The Morgan fingerprint density at radius 3 is 1.39 bits per heavy atom. The van der Waals surface area contributed by atoms with E-state index in [1.807, 2.05) is 0 Å². The molecule has 8 nitrogen and oxygen atoms in total. The van der Waals surface area contributed by atoms with Crippen LogP contribution in [0.5, 0.6) is 0 Å². The predicted molar refractivity (Wildman–Crippen MR) is 160 cm³/mol. The smallest absolute Gasteiger partial charge is 0.376 e. The zero-order chi connectivity index (χ0) is 29.4. The van der Waals surface area contributed by atoms with E-state index < -0.39 is 17.4 Å². The molecule has 216 valence electrons. The minimum atomic E-state index is -0.783. The third kappa shape index (κ3) is 4.18. The summed E-state index contributed by atoms with van der Waals surface area (Å²) in [5.41, 5.74) is 6.81. The van der Waals surface area contributed by atoms with E-state index in [0.29, 0.717) is 12.8 Å². The molecule has 0 saturated heterocycles. The number of esters is 1. The predicted octanol–water partition coefficient (Wildman–Crippen LogP) is 5.88. The summed E-state index contributed by atoms with van der Waals surface area (Å²) in [5.74, 6) is -0.484. The summed E-state index contributed by atoms with van der Waals surface area (Å²) in [5, 5.41) is 12.1. The van der Waals surface area contributed by atoms with Crippen LogP contribution in [0, 0.1) is 5.21 Å². The lowest BCUT2D eigenvalue weighted by Gasteiger charge is -2.30. The van der Waals surface area contributed by atoms with E-state index in [2.05, 4.69) is 117 Å². The summed E-state index contributed by atoms with van der Waals surface area (Å²) in [4.78, 5) is 27.9. The van der Waals surface area contributed by atoms with Gasteiger partial charge in [-0.15, -0.1) is 0 Å². The second-order valence-corrected chi connectivity index (χ2v) is 13.6. The maximum Gasteiger partial charge on any atom is 0.376 e. The lowest BCUT2D eigenvalue weighted by Crippen LogP contribution is -2.36. The molecular formula is C33H41N5O3. The Labute approximate surface area is 241 Å². The number of ether oxygens (including phenoxy) is 1. The number of carbonyl (C=O) groups excluding carboxylic acids is 1. The van der Waals surface area contributed by atoms with Crippen molar-refractivity contribution in [2.24, 2.45) is 0 Å². The Bertz CT molecular complexity index is 1540. The highest BCUT2D eigenvalue weighted by Gasteiger charge is 2.40. The third-order valence-corrected chi connectivity index (χ3v) is 9.80. The van der Waals surface area contributed by atoms with Gasteiger partial charge < -0.3 is 29.9 Å². The highest BCUT2D eigenvalue weighted by atomic mass is 16.5. The van der Waals surface area contributed by atoms with Crippen molar-refractivity contribution in [1.29, 1.82) is 0 Å². The number of fused-ring (bicyclic) bond motifs is 8. The first kappa shape index (κ1) is 27.2. The van der Waals surface area contributed by atoms with Crippen LogP contribution in [0.25, 0.3) is 0 Å². The monoisotopic (exact) mass is 555 g/mol. The molecule has 2 aliphatic heterocycles. The molecule has 4 aromatic heterocycles. The van der Waals surface area contributed by atoms with Crippen molar-refractivity contribution in [3.05, 3.63) is 99.3 Å². The molecule has 0 aromatic carbocycles. The van der Waals surface area contributed by atoms with Crippen LogP contribution in [-0.2, 0) is 31.2 Å².